The largest absolute Gasteiger partial charge is 0.393 e. The molecule has 0 unspecified atom stereocenters. The number of epoxide rings is 1. The van der Waals surface area contributed by atoms with E-state index in [1.54, 1.807) is 0 Å². The Morgan fingerprint density at radius 3 is 2.50 bits per heavy atom. The van der Waals surface area contributed by atoms with E-state index in [2.05, 4.69) is 12.1 Å². The number of hydrogen-bond acceptors (Lipinski definition) is 2. The third kappa shape index (κ3) is 1.49. The molecule has 12 heavy (non-hydrogen) atoms. The summed E-state index contributed by atoms with van der Waals surface area (Å²) in [6.45, 7) is 0.820. The maximum atomic E-state index is 8.99. The Morgan fingerprint density at radius 1 is 1.33 bits per heavy atom. The van der Waals surface area contributed by atoms with Crippen LogP contribution >= 0.6 is 0 Å². The zero-order valence-corrected chi connectivity index (χ0v) is 6.86. The Balaban J connectivity index is 2.04. The Bertz CT molecular complexity index is 252. The predicted octanol–water partition coefficient (Wildman–Crippen LogP) is 0.990. The predicted molar refractivity (Wildman–Crippen MR) is 45.9 cm³/mol. The molecule has 0 saturated carbocycles. The van der Waals surface area contributed by atoms with Crippen LogP contribution in [0.15, 0.2) is 30.3 Å². The van der Waals surface area contributed by atoms with Crippen LogP contribution in [0.3, 0.4) is 0 Å². The average Bonchev–Trinajstić information content (AvgIpc) is 2.88. The van der Waals surface area contributed by atoms with Crippen LogP contribution in [0.4, 0.5) is 0 Å². The van der Waals surface area contributed by atoms with Crippen LogP contribution in [0.25, 0.3) is 0 Å². The molecule has 2 nitrogen and oxygen atoms in total. The molecule has 1 atom stereocenters. The highest BCUT2D eigenvalue weighted by atomic mass is 16.6. The third-order valence-electron chi connectivity index (χ3n) is 2.21. The van der Waals surface area contributed by atoms with Crippen LogP contribution in [0, 0.1) is 0 Å². The molecule has 1 N–H and O–H groups in total. The summed E-state index contributed by atoms with van der Waals surface area (Å²) in [5.74, 6) is 0. The molecule has 2 heteroatoms. The van der Waals surface area contributed by atoms with E-state index in [0.29, 0.717) is 6.61 Å². The second-order valence-corrected chi connectivity index (χ2v) is 3.29. The van der Waals surface area contributed by atoms with Crippen molar-refractivity contribution >= 4 is 0 Å². The summed E-state index contributed by atoms with van der Waals surface area (Å²) in [5, 5.41) is 8.99. The van der Waals surface area contributed by atoms with E-state index >= 15 is 0 Å². The number of aliphatic hydroxyl groups excluding tert-OH is 1. The van der Waals surface area contributed by atoms with Crippen LogP contribution in [-0.2, 0) is 11.2 Å². The van der Waals surface area contributed by atoms with E-state index in [9.17, 15) is 0 Å². The Labute approximate surface area is 71.8 Å². The molecule has 1 heterocycles. The lowest BCUT2D eigenvalue weighted by atomic mass is 10.0. The minimum Gasteiger partial charge on any atom is -0.393 e. The van der Waals surface area contributed by atoms with Crippen molar-refractivity contribution in [1.82, 2.24) is 0 Å². The fourth-order valence-electron chi connectivity index (χ4n) is 1.32. The molecule has 1 aromatic carbocycles. The molecule has 0 aliphatic carbocycles. The first-order valence-electron chi connectivity index (χ1n) is 4.13. The van der Waals surface area contributed by atoms with E-state index in [0.717, 1.165) is 6.42 Å². The molecular formula is C10H12O2. The van der Waals surface area contributed by atoms with Gasteiger partial charge in [0.25, 0.3) is 0 Å². The van der Waals surface area contributed by atoms with E-state index in [4.69, 9.17) is 9.84 Å². The molecule has 1 aliphatic rings. The number of aliphatic hydroxyl groups is 1. The third-order valence-corrected chi connectivity index (χ3v) is 2.21. The van der Waals surface area contributed by atoms with Gasteiger partial charge < -0.3 is 9.84 Å². The van der Waals surface area contributed by atoms with Crippen molar-refractivity contribution in [2.45, 2.75) is 12.0 Å². The van der Waals surface area contributed by atoms with Crippen molar-refractivity contribution < 1.29 is 9.84 Å². The summed E-state index contributed by atoms with van der Waals surface area (Å²) >= 11 is 0. The van der Waals surface area contributed by atoms with Gasteiger partial charge in [0.05, 0.1) is 13.2 Å². The summed E-state index contributed by atoms with van der Waals surface area (Å²) in [5.41, 5.74) is 0.977. The first kappa shape index (κ1) is 7.77. The fraction of sp³-hybridized carbons (Fsp3) is 0.400. The minimum atomic E-state index is -0.249. The van der Waals surface area contributed by atoms with Gasteiger partial charge in [-0.2, -0.15) is 0 Å². The SMILES string of the molecule is OC[C@@]1(Cc2ccccc2)CO1. The van der Waals surface area contributed by atoms with Gasteiger partial charge in [-0.25, -0.2) is 0 Å². The zero-order valence-electron chi connectivity index (χ0n) is 6.86. The summed E-state index contributed by atoms with van der Waals surface area (Å²) < 4.78 is 5.20. The van der Waals surface area contributed by atoms with Crippen molar-refractivity contribution in [3.05, 3.63) is 35.9 Å². The highest BCUT2D eigenvalue weighted by Crippen LogP contribution is 2.30. The van der Waals surface area contributed by atoms with Gasteiger partial charge in [0.15, 0.2) is 0 Å². The van der Waals surface area contributed by atoms with Gasteiger partial charge in [0.1, 0.15) is 5.60 Å². The lowest BCUT2D eigenvalue weighted by Crippen LogP contribution is -2.19. The quantitative estimate of drug-likeness (QED) is 0.676. The van der Waals surface area contributed by atoms with Crippen molar-refractivity contribution in [2.24, 2.45) is 0 Å². The zero-order chi connectivity index (χ0) is 8.44. The molecule has 0 spiro atoms. The van der Waals surface area contributed by atoms with Crippen molar-refractivity contribution in [3.63, 3.8) is 0 Å². The summed E-state index contributed by atoms with van der Waals surface area (Å²) in [6.07, 6.45) is 0.824. The second-order valence-electron chi connectivity index (χ2n) is 3.29. The summed E-state index contributed by atoms with van der Waals surface area (Å²) in [6, 6.07) is 10.1. The molecular weight excluding hydrogens is 152 g/mol. The monoisotopic (exact) mass is 164 g/mol. The van der Waals surface area contributed by atoms with Crippen molar-refractivity contribution in [1.29, 1.82) is 0 Å². The van der Waals surface area contributed by atoms with Crippen molar-refractivity contribution in [2.75, 3.05) is 13.2 Å². The lowest BCUT2D eigenvalue weighted by Gasteiger charge is -2.06. The van der Waals surface area contributed by atoms with Gasteiger partial charge in [0, 0.05) is 6.42 Å². The standard InChI is InChI=1S/C10H12O2/c11-7-10(8-12-10)6-9-4-2-1-3-5-9/h1-5,11H,6-8H2/t10-/m0/s1. The normalized spacial score (nSPS) is 27.1. The minimum absolute atomic E-state index is 0.127. The van der Waals surface area contributed by atoms with E-state index in [1.807, 2.05) is 18.2 Å². The molecule has 1 fully saturated rings. The number of benzene rings is 1. The number of rotatable bonds is 3. The second kappa shape index (κ2) is 2.88. The Morgan fingerprint density at radius 2 is 2.00 bits per heavy atom. The summed E-state index contributed by atoms with van der Waals surface area (Å²) in [7, 11) is 0. The molecule has 1 aliphatic heterocycles. The first-order valence-corrected chi connectivity index (χ1v) is 4.13. The Kier molecular flexibility index (Phi) is 1.87. The van der Waals surface area contributed by atoms with Gasteiger partial charge in [-0.15, -0.1) is 0 Å². The van der Waals surface area contributed by atoms with Gasteiger partial charge in [-0.05, 0) is 5.56 Å². The van der Waals surface area contributed by atoms with E-state index < -0.39 is 0 Å². The molecule has 1 aromatic rings. The van der Waals surface area contributed by atoms with Crippen LogP contribution < -0.4 is 0 Å². The molecule has 0 aromatic heterocycles. The Hall–Kier alpha value is -0.860. The van der Waals surface area contributed by atoms with Crippen molar-refractivity contribution in [3.8, 4) is 0 Å². The summed E-state index contributed by atoms with van der Waals surface area (Å²) in [4.78, 5) is 0. The van der Waals surface area contributed by atoms with Gasteiger partial charge >= 0.3 is 0 Å². The lowest BCUT2D eigenvalue weighted by molar-refractivity contribution is 0.171. The van der Waals surface area contributed by atoms with Crippen LogP contribution in [0.2, 0.25) is 0 Å². The highest BCUT2D eigenvalue weighted by Gasteiger charge is 2.43. The highest BCUT2D eigenvalue weighted by molar-refractivity contribution is 5.19. The number of hydrogen-bond donors (Lipinski definition) is 1. The van der Waals surface area contributed by atoms with Gasteiger partial charge in [-0.1, -0.05) is 30.3 Å². The smallest absolute Gasteiger partial charge is 0.118 e. The van der Waals surface area contributed by atoms with E-state index in [-0.39, 0.29) is 12.2 Å². The molecule has 64 valence electrons. The molecule has 0 bridgehead atoms. The molecule has 1 saturated heterocycles. The maximum Gasteiger partial charge on any atom is 0.118 e. The van der Waals surface area contributed by atoms with Gasteiger partial charge in [-0.3, -0.25) is 0 Å². The van der Waals surface area contributed by atoms with Crippen LogP contribution in [0.1, 0.15) is 5.56 Å². The molecule has 0 radical (unpaired) electrons. The fourth-order valence-corrected chi connectivity index (χ4v) is 1.32. The number of ether oxygens (including phenoxy) is 1. The molecule has 2 rings (SSSR count). The average molecular weight is 164 g/mol. The maximum absolute atomic E-state index is 8.99. The first-order chi connectivity index (χ1) is 5.85. The topological polar surface area (TPSA) is 32.8 Å². The van der Waals surface area contributed by atoms with Crippen LogP contribution in [0.5, 0.6) is 0 Å². The van der Waals surface area contributed by atoms with E-state index in [1.165, 1.54) is 5.56 Å². The van der Waals surface area contributed by atoms with Gasteiger partial charge in [0.2, 0.25) is 0 Å². The van der Waals surface area contributed by atoms with Crippen LogP contribution in [-0.4, -0.2) is 23.9 Å². The molecule has 0 amide bonds.